The van der Waals surface area contributed by atoms with Crippen LogP contribution in [0.4, 0.5) is 39.8 Å². The van der Waals surface area contributed by atoms with Gasteiger partial charge in [0, 0.05) is 30.6 Å². The average Bonchev–Trinajstić information content (AvgIpc) is 3.06. The second-order valence-electron chi connectivity index (χ2n) is 11.8. The molecule has 4 aromatic rings. The van der Waals surface area contributed by atoms with E-state index in [1.807, 2.05) is 49.4 Å². The summed E-state index contributed by atoms with van der Waals surface area (Å²) in [5.41, 5.74) is 0.152. The summed E-state index contributed by atoms with van der Waals surface area (Å²) in [5, 5.41) is 19.9. The van der Waals surface area contributed by atoms with Gasteiger partial charge in [-0.3, -0.25) is 4.79 Å². The van der Waals surface area contributed by atoms with Crippen molar-refractivity contribution in [3.8, 4) is 5.75 Å². The minimum absolute atomic E-state index is 0.0552. The van der Waals surface area contributed by atoms with Crippen molar-refractivity contribution in [1.82, 2.24) is 9.80 Å². The number of likely N-dealkylation sites (N-methyl/N-ethyl adjacent to an activating group) is 1. The zero-order valence-electron chi connectivity index (χ0n) is 26.5. The van der Waals surface area contributed by atoms with Gasteiger partial charge in [-0.05, 0) is 54.8 Å². The maximum absolute atomic E-state index is 13.8. The van der Waals surface area contributed by atoms with Crippen molar-refractivity contribution in [1.29, 1.82) is 0 Å². The van der Waals surface area contributed by atoms with E-state index in [0.717, 1.165) is 35.0 Å². The Balaban J connectivity index is 1.40. The molecule has 252 valence electrons. The molecule has 0 aliphatic carbocycles. The molecule has 4 aromatic carbocycles. The third kappa shape index (κ3) is 7.63. The summed E-state index contributed by atoms with van der Waals surface area (Å²) in [7, 11) is 1.62. The van der Waals surface area contributed by atoms with Gasteiger partial charge in [0.1, 0.15) is 6.10 Å². The predicted octanol–water partition coefficient (Wildman–Crippen LogP) is 6.89. The highest BCUT2D eigenvalue weighted by Crippen LogP contribution is 2.35. The van der Waals surface area contributed by atoms with E-state index in [9.17, 15) is 32.7 Å². The van der Waals surface area contributed by atoms with E-state index in [-0.39, 0.29) is 54.3 Å². The summed E-state index contributed by atoms with van der Waals surface area (Å²) in [6.07, 6.45) is -5.19. The molecule has 0 radical (unpaired) electrons. The molecule has 48 heavy (non-hydrogen) atoms. The van der Waals surface area contributed by atoms with Crippen LogP contribution in [0, 0.1) is 5.92 Å². The van der Waals surface area contributed by atoms with Gasteiger partial charge >= 0.3 is 18.2 Å². The van der Waals surface area contributed by atoms with Crippen LogP contribution < -0.4 is 20.7 Å². The second-order valence-corrected chi connectivity index (χ2v) is 11.8. The summed E-state index contributed by atoms with van der Waals surface area (Å²) >= 11 is 0. The van der Waals surface area contributed by atoms with E-state index in [1.54, 1.807) is 20.0 Å². The SMILES string of the molecule is C[C@@H]1CN([C@@H](C)CO)C(=O)c2cccc(NC(=O)Nc3ccc(C(F)(F)F)cc3)c2O[C@H]1CN(C)C(=O)Nc1cccc2ccccc12. The number of nitrogens with zero attached hydrogens (tertiary/aromatic N) is 2. The Kier molecular flexibility index (Phi) is 10.1. The van der Waals surface area contributed by atoms with Gasteiger partial charge in [-0.1, -0.05) is 49.4 Å². The largest absolute Gasteiger partial charge is 0.485 e. The summed E-state index contributed by atoms with van der Waals surface area (Å²) < 4.78 is 45.4. The van der Waals surface area contributed by atoms with Crippen molar-refractivity contribution >= 4 is 45.8 Å². The van der Waals surface area contributed by atoms with Crippen LogP contribution in [0.2, 0.25) is 0 Å². The average molecular weight is 664 g/mol. The number of benzene rings is 4. The Bertz CT molecular complexity index is 1790. The highest BCUT2D eigenvalue weighted by Gasteiger charge is 2.35. The van der Waals surface area contributed by atoms with Crippen LogP contribution in [0.15, 0.2) is 84.9 Å². The number of amides is 5. The summed E-state index contributed by atoms with van der Waals surface area (Å²) in [4.78, 5) is 43.2. The van der Waals surface area contributed by atoms with Crippen molar-refractivity contribution in [2.45, 2.75) is 32.2 Å². The first-order valence-corrected chi connectivity index (χ1v) is 15.3. The molecule has 0 fully saturated rings. The molecule has 10 nitrogen and oxygen atoms in total. The van der Waals surface area contributed by atoms with Crippen LogP contribution in [0.1, 0.15) is 29.8 Å². The number of anilines is 3. The van der Waals surface area contributed by atoms with Crippen molar-refractivity contribution in [2.75, 3.05) is 42.7 Å². The second kappa shape index (κ2) is 14.2. The molecule has 1 aliphatic rings. The minimum Gasteiger partial charge on any atom is -0.485 e. The Hall–Kier alpha value is -5.30. The quantitative estimate of drug-likeness (QED) is 0.172. The van der Waals surface area contributed by atoms with Gasteiger partial charge in [0.05, 0.1) is 41.7 Å². The number of aliphatic hydroxyl groups is 1. The number of para-hydroxylation sites is 1. The number of fused-ring (bicyclic) bond motifs is 2. The van der Waals surface area contributed by atoms with Crippen LogP contribution in [-0.4, -0.2) is 71.8 Å². The van der Waals surface area contributed by atoms with Gasteiger partial charge in [-0.2, -0.15) is 13.2 Å². The molecule has 0 bridgehead atoms. The third-order valence-corrected chi connectivity index (χ3v) is 8.24. The number of nitrogens with one attached hydrogen (secondary N) is 3. The van der Waals surface area contributed by atoms with Crippen molar-refractivity contribution in [3.63, 3.8) is 0 Å². The maximum atomic E-state index is 13.8. The Morgan fingerprint density at radius 1 is 0.958 bits per heavy atom. The van der Waals surface area contributed by atoms with Gasteiger partial charge in [-0.25, -0.2) is 9.59 Å². The van der Waals surface area contributed by atoms with Gasteiger partial charge in [0.25, 0.3) is 5.91 Å². The van der Waals surface area contributed by atoms with Crippen molar-refractivity contribution in [3.05, 3.63) is 96.1 Å². The summed E-state index contributed by atoms with van der Waals surface area (Å²) in [6.45, 7) is 3.60. The van der Waals surface area contributed by atoms with Crippen molar-refractivity contribution in [2.24, 2.45) is 5.92 Å². The number of hydrogen-bond donors (Lipinski definition) is 4. The number of carbonyl (C=O) groups is 3. The zero-order valence-corrected chi connectivity index (χ0v) is 26.5. The topological polar surface area (TPSA) is 123 Å². The van der Waals surface area contributed by atoms with Crippen LogP contribution >= 0.6 is 0 Å². The standard InChI is InChI=1S/C35H36F3N5O5/c1-21-18-43(22(2)20-44)32(45)27-11-7-13-29(40-33(46)39-25-16-14-24(15-17-25)35(36,37)38)31(27)48-30(21)19-42(3)34(47)41-28-12-6-9-23-8-4-5-10-26(23)28/h4-17,21-22,30,44H,18-20H2,1-3H3,(H,41,47)(H2,39,40,46)/t21-,22+,30+/m1/s1. The Morgan fingerprint density at radius 2 is 1.62 bits per heavy atom. The Morgan fingerprint density at radius 3 is 2.33 bits per heavy atom. The highest BCUT2D eigenvalue weighted by atomic mass is 19.4. The van der Waals surface area contributed by atoms with Crippen molar-refractivity contribution < 1.29 is 37.4 Å². The lowest BCUT2D eigenvalue weighted by molar-refractivity contribution is -0.137. The molecule has 0 aromatic heterocycles. The van der Waals surface area contributed by atoms with Crippen LogP contribution in [0.5, 0.6) is 5.75 Å². The number of halogens is 3. The van der Waals surface area contributed by atoms with Gasteiger partial charge in [0.2, 0.25) is 0 Å². The number of alkyl halides is 3. The highest BCUT2D eigenvalue weighted by molar-refractivity contribution is 6.04. The molecular weight excluding hydrogens is 627 g/mol. The molecule has 0 saturated heterocycles. The van der Waals surface area contributed by atoms with Gasteiger partial charge < -0.3 is 35.6 Å². The number of hydrogen-bond acceptors (Lipinski definition) is 5. The fourth-order valence-corrected chi connectivity index (χ4v) is 5.48. The normalized spacial score (nSPS) is 17.0. The fraction of sp³-hybridized carbons (Fsp3) is 0.286. The molecule has 0 unspecified atom stereocenters. The van der Waals surface area contributed by atoms with E-state index in [0.29, 0.717) is 5.69 Å². The molecule has 4 N–H and O–H groups in total. The summed E-state index contributed by atoms with van der Waals surface area (Å²) in [6, 6.07) is 20.2. The maximum Gasteiger partial charge on any atom is 0.416 e. The minimum atomic E-state index is -4.52. The molecular formula is C35H36F3N5O5. The third-order valence-electron chi connectivity index (χ3n) is 8.24. The van der Waals surface area contributed by atoms with Gasteiger partial charge in [-0.15, -0.1) is 0 Å². The van der Waals surface area contributed by atoms with E-state index >= 15 is 0 Å². The molecule has 5 rings (SSSR count). The molecule has 13 heteroatoms. The molecule has 3 atom stereocenters. The number of aliphatic hydroxyl groups excluding tert-OH is 1. The lowest BCUT2D eigenvalue weighted by Crippen LogP contribution is -2.50. The predicted molar refractivity (Wildman–Crippen MR) is 177 cm³/mol. The lowest BCUT2D eigenvalue weighted by atomic mass is 9.99. The van der Waals surface area contributed by atoms with E-state index < -0.39 is 35.8 Å². The van der Waals surface area contributed by atoms with Crippen LogP contribution in [-0.2, 0) is 6.18 Å². The van der Waals surface area contributed by atoms with E-state index in [4.69, 9.17) is 4.74 Å². The number of ether oxygens (including phenoxy) is 1. The number of urea groups is 2. The van der Waals surface area contributed by atoms with Crippen LogP contribution in [0.3, 0.4) is 0 Å². The first kappa shape index (κ1) is 34.0. The lowest BCUT2D eigenvalue weighted by Gasteiger charge is -2.38. The fourth-order valence-electron chi connectivity index (χ4n) is 5.48. The molecule has 0 saturated carbocycles. The monoisotopic (exact) mass is 663 g/mol. The number of rotatable bonds is 7. The molecule has 5 amide bonds. The smallest absolute Gasteiger partial charge is 0.416 e. The zero-order chi connectivity index (χ0) is 34.6. The first-order chi connectivity index (χ1) is 22.8. The van der Waals surface area contributed by atoms with Gasteiger partial charge in [0.15, 0.2) is 5.75 Å². The number of carbonyl (C=O) groups excluding carboxylic acids is 3. The first-order valence-electron chi connectivity index (χ1n) is 15.3. The molecule has 1 aliphatic heterocycles. The van der Waals surface area contributed by atoms with Crippen LogP contribution in [0.25, 0.3) is 10.8 Å². The molecule has 0 spiro atoms. The van der Waals surface area contributed by atoms with E-state index in [1.165, 1.54) is 21.9 Å². The molecule has 1 heterocycles. The van der Waals surface area contributed by atoms with E-state index in [2.05, 4.69) is 16.0 Å². The summed E-state index contributed by atoms with van der Waals surface area (Å²) in [5.74, 6) is -0.705. The Labute approximate surface area is 275 Å².